The van der Waals surface area contributed by atoms with Crippen molar-refractivity contribution in [2.75, 3.05) is 0 Å². The predicted octanol–water partition coefficient (Wildman–Crippen LogP) is 4.44. The van der Waals surface area contributed by atoms with Crippen molar-refractivity contribution in [3.63, 3.8) is 0 Å². The average Bonchev–Trinajstić information content (AvgIpc) is 2.42. The Morgan fingerprint density at radius 1 is 1.21 bits per heavy atom. The molecule has 0 bridgehead atoms. The third-order valence-electron chi connectivity index (χ3n) is 2.82. The van der Waals surface area contributed by atoms with E-state index >= 15 is 0 Å². The van der Waals surface area contributed by atoms with Gasteiger partial charge in [0.1, 0.15) is 0 Å². The summed E-state index contributed by atoms with van der Waals surface area (Å²) in [5, 5.41) is 3.55. The first-order valence-electron chi connectivity index (χ1n) is 5.89. The molecule has 2 aromatic carbocycles. The molecule has 1 N–H and O–H groups in total. The summed E-state index contributed by atoms with van der Waals surface area (Å²) in [5.74, 6) is -0.108. The van der Waals surface area contributed by atoms with E-state index in [-0.39, 0.29) is 11.9 Å². The van der Waals surface area contributed by atoms with Gasteiger partial charge in [-0.3, -0.25) is 4.79 Å². The van der Waals surface area contributed by atoms with Gasteiger partial charge in [-0.1, -0.05) is 41.9 Å². The minimum atomic E-state index is -0.108. The van der Waals surface area contributed by atoms with Crippen molar-refractivity contribution in [2.24, 2.45) is 0 Å². The van der Waals surface area contributed by atoms with Gasteiger partial charge >= 0.3 is 0 Å². The molecule has 98 valence electrons. The topological polar surface area (TPSA) is 29.1 Å². The number of halogens is 2. The Morgan fingerprint density at radius 3 is 2.58 bits per heavy atom. The summed E-state index contributed by atoms with van der Waals surface area (Å²) in [6.07, 6.45) is 0. The molecule has 0 aliphatic rings. The maximum atomic E-state index is 12.2. The van der Waals surface area contributed by atoms with E-state index in [9.17, 15) is 4.79 Å². The third-order valence-corrected chi connectivity index (χ3v) is 4.00. The second kappa shape index (κ2) is 6.39. The van der Waals surface area contributed by atoms with E-state index in [1.165, 1.54) is 0 Å². The van der Waals surface area contributed by atoms with E-state index < -0.39 is 0 Å². The number of nitrogens with one attached hydrogen (secondary N) is 1. The normalized spacial score (nSPS) is 11.9. The minimum absolute atomic E-state index is 0.0384. The molecule has 0 aromatic heterocycles. The van der Waals surface area contributed by atoms with Gasteiger partial charge in [0, 0.05) is 8.59 Å². The zero-order chi connectivity index (χ0) is 13.8. The van der Waals surface area contributed by atoms with Crippen LogP contribution >= 0.6 is 34.2 Å². The highest BCUT2D eigenvalue weighted by molar-refractivity contribution is 14.1. The molecule has 0 radical (unpaired) electrons. The van der Waals surface area contributed by atoms with Gasteiger partial charge in [0.25, 0.3) is 5.91 Å². The standard InChI is InChI=1S/C15H13ClINO/c1-10(11-5-3-2-4-6-11)18-15(19)13-9-12(16)7-8-14(13)17/h2-10H,1H3,(H,18,19). The lowest BCUT2D eigenvalue weighted by Gasteiger charge is -2.15. The van der Waals surface area contributed by atoms with Crippen LogP contribution in [0.2, 0.25) is 5.02 Å². The Hall–Kier alpha value is -1.07. The fourth-order valence-corrected chi connectivity index (χ4v) is 2.52. The van der Waals surface area contributed by atoms with Crippen molar-refractivity contribution in [1.29, 1.82) is 0 Å². The number of hydrogen-bond donors (Lipinski definition) is 1. The average molecular weight is 386 g/mol. The molecule has 2 rings (SSSR count). The van der Waals surface area contributed by atoms with E-state index in [4.69, 9.17) is 11.6 Å². The lowest BCUT2D eigenvalue weighted by Crippen LogP contribution is -2.27. The maximum Gasteiger partial charge on any atom is 0.252 e. The summed E-state index contributed by atoms with van der Waals surface area (Å²) in [4.78, 5) is 12.2. The molecule has 4 heteroatoms. The number of amides is 1. The molecular weight excluding hydrogens is 373 g/mol. The molecule has 0 spiro atoms. The van der Waals surface area contributed by atoms with Crippen molar-refractivity contribution in [2.45, 2.75) is 13.0 Å². The number of carbonyl (C=O) groups excluding carboxylic acids is 1. The molecule has 0 heterocycles. The largest absolute Gasteiger partial charge is 0.345 e. The fraction of sp³-hybridized carbons (Fsp3) is 0.133. The van der Waals surface area contributed by atoms with Crippen LogP contribution in [-0.2, 0) is 0 Å². The fourth-order valence-electron chi connectivity index (χ4n) is 1.77. The highest BCUT2D eigenvalue weighted by Gasteiger charge is 2.14. The van der Waals surface area contributed by atoms with E-state index in [1.54, 1.807) is 12.1 Å². The van der Waals surface area contributed by atoms with Crippen LogP contribution in [0.5, 0.6) is 0 Å². The van der Waals surface area contributed by atoms with Crippen LogP contribution in [-0.4, -0.2) is 5.91 Å². The maximum absolute atomic E-state index is 12.2. The zero-order valence-corrected chi connectivity index (χ0v) is 13.3. The molecule has 1 unspecified atom stereocenters. The summed E-state index contributed by atoms with van der Waals surface area (Å²) in [6, 6.07) is 15.1. The Bertz CT molecular complexity index is 586. The molecule has 1 amide bonds. The Labute approximate surface area is 131 Å². The molecule has 0 aliphatic carbocycles. The van der Waals surface area contributed by atoms with Crippen molar-refractivity contribution in [3.8, 4) is 0 Å². The van der Waals surface area contributed by atoms with Gasteiger partial charge in [0.2, 0.25) is 0 Å². The summed E-state index contributed by atoms with van der Waals surface area (Å²) in [7, 11) is 0. The lowest BCUT2D eigenvalue weighted by molar-refractivity contribution is 0.0939. The lowest BCUT2D eigenvalue weighted by atomic mass is 10.1. The highest BCUT2D eigenvalue weighted by Crippen LogP contribution is 2.19. The van der Waals surface area contributed by atoms with Gasteiger partial charge in [0.05, 0.1) is 11.6 Å². The second-order valence-electron chi connectivity index (χ2n) is 4.23. The summed E-state index contributed by atoms with van der Waals surface area (Å²) in [6.45, 7) is 1.96. The number of carbonyl (C=O) groups is 1. The van der Waals surface area contributed by atoms with Crippen molar-refractivity contribution < 1.29 is 4.79 Å². The smallest absolute Gasteiger partial charge is 0.252 e. The molecule has 0 saturated heterocycles. The molecular formula is C15H13ClINO. The van der Waals surface area contributed by atoms with Gasteiger partial charge < -0.3 is 5.32 Å². The van der Waals surface area contributed by atoms with Crippen molar-refractivity contribution in [1.82, 2.24) is 5.32 Å². The van der Waals surface area contributed by atoms with Crippen LogP contribution in [0.1, 0.15) is 28.9 Å². The summed E-state index contributed by atoms with van der Waals surface area (Å²) < 4.78 is 0.889. The SMILES string of the molecule is CC(NC(=O)c1cc(Cl)ccc1I)c1ccccc1. The van der Waals surface area contributed by atoms with Crippen LogP contribution in [0.4, 0.5) is 0 Å². The predicted molar refractivity (Wildman–Crippen MR) is 86.5 cm³/mol. The molecule has 19 heavy (non-hydrogen) atoms. The highest BCUT2D eigenvalue weighted by atomic mass is 127. The molecule has 2 nitrogen and oxygen atoms in total. The van der Waals surface area contributed by atoms with Crippen molar-refractivity contribution in [3.05, 3.63) is 68.3 Å². The molecule has 0 saturated carbocycles. The quantitative estimate of drug-likeness (QED) is 0.778. The second-order valence-corrected chi connectivity index (χ2v) is 5.83. The van der Waals surface area contributed by atoms with Crippen LogP contribution in [0.3, 0.4) is 0 Å². The number of benzene rings is 2. The van der Waals surface area contributed by atoms with Gasteiger partial charge in [0.15, 0.2) is 0 Å². The number of hydrogen-bond acceptors (Lipinski definition) is 1. The van der Waals surface area contributed by atoms with Crippen LogP contribution < -0.4 is 5.32 Å². The van der Waals surface area contributed by atoms with E-state index in [0.717, 1.165) is 9.13 Å². The first-order chi connectivity index (χ1) is 9.08. The first kappa shape index (κ1) is 14.3. The van der Waals surface area contributed by atoms with E-state index in [2.05, 4.69) is 27.9 Å². The molecule has 1 atom stereocenters. The summed E-state index contributed by atoms with van der Waals surface area (Å²) in [5.41, 5.74) is 1.68. The zero-order valence-electron chi connectivity index (χ0n) is 10.4. The van der Waals surface area contributed by atoms with Gasteiger partial charge in [-0.15, -0.1) is 0 Å². The Balaban J connectivity index is 2.15. The number of rotatable bonds is 3. The summed E-state index contributed by atoms with van der Waals surface area (Å²) >= 11 is 8.07. The first-order valence-corrected chi connectivity index (χ1v) is 7.34. The molecule has 2 aromatic rings. The third kappa shape index (κ3) is 3.70. The van der Waals surface area contributed by atoms with Gasteiger partial charge in [-0.25, -0.2) is 0 Å². The molecule has 0 fully saturated rings. The Kier molecular flexibility index (Phi) is 4.82. The molecule has 0 aliphatic heterocycles. The van der Waals surface area contributed by atoms with Crippen LogP contribution in [0.25, 0.3) is 0 Å². The van der Waals surface area contributed by atoms with Gasteiger partial charge in [-0.2, -0.15) is 0 Å². The monoisotopic (exact) mass is 385 g/mol. The van der Waals surface area contributed by atoms with Crippen LogP contribution in [0, 0.1) is 3.57 Å². The van der Waals surface area contributed by atoms with Crippen LogP contribution in [0.15, 0.2) is 48.5 Å². The minimum Gasteiger partial charge on any atom is -0.345 e. The van der Waals surface area contributed by atoms with Gasteiger partial charge in [-0.05, 0) is 53.3 Å². The van der Waals surface area contributed by atoms with E-state index in [1.807, 2.05) is 43.3 Å². The van der Waals surface area contributed by atoms with E-state index in [0.29, 0.717) is 10.6 Å². The van der Waals surface area contributed by atoms with Crippen molar-refractivity contribution >= 4 is 40.1 Å². The Morgan fingerprint density at radius 2 is 1.89 bits per heavy atom.